The standard InChI is InChI=1S/C14H14OS.C7H8O3S/c15-13-8-6-12(7-9-13)14(10-16)11-4-2-1-3-5-11;1-6-2-4-7(5-3-6)11(8,9)10/h1-9,14-16H,10H2;2-5H,1H3,(H,8,9,10). The van der Waals surface area contributed by atoms with E-state index in [9.17, 15) is 13.5 Å². The first-order valence-corrected chi connectivity index (χ1v) is 10.4. The van der Waals surface area contributed by atoms with Crippen LogP contribution in [0.3, 0.4) is 0 Å². The Morgan fingerprint density at radius 2 is 1.37 bits per heavy atom. The molecule has 142 valence electrons. The van der Waals surface area contributed by atoms with Crippen LogP contribution in [-0.4, -0.2) is 23.8 Å². The number of aryl methyl sites for hydroxylation is 1. The maximum Gasteiger partial charge on any atom is 0.294 e. The molecule has 0 heterocycles. The molecule has 2 N–H and O–H groups in total. The van der Waals surface area contributed by atoms with Crippen LogP contribution in [0.25, 0.3) is 0 Å². The molecule has 3 rings (SSSR count). The van der Waals surface area contributed by atoms with Crippen LogP contribution in [0.5, 0.6) is 5.75 Å². The molecule has 27 heavy (non-hydrogen) atoms. The average Bonchev–Trinajstić information content (AvgIpc) is 2.65. The van der Waals surface area contributed by atoms with Crippen molar-refractivity contribution in [2.45, 2.75) is 17.7 Å². The van der Waals surface area contributed by atoms with Gasteiger partial charge in [0.2, 0.25) is 0 Å². The van der Waals surface area contributed by atoms with Crippen molar-refractivity contribution in [2.75, 3.05) is 5.75 Å². The highest BCUT2D eigenvalue weighted by Gasteiger charge is 2.11. The van der Waals surface area contributed by atoms with Crippen LogP contribution in [-0.2, 0) is 10.1 Å². The SMILES string of the molecule is Cc1ccc(S(=O)(=O)O)cc1.Oc1ccc(C(CS)c2ccccc2)cc1. The number of thiol groups is 1. The molecular formula is C21H22O4S2. The maximum atomic E-state index is 10.5. The average molecular weight is 403 g/mol. The molecule has 6 heteroatoms. The topological polar surface area (TPSA) is 74.6 Å². The van der Waals surface area contributed by atoms with Crippen molar-refractivity contribution in [1.29, 1.82) is 0 Å². The first-order valence-electron chi connectivity index (χ1n) is 8.30. The summed E-state index contributed by atoms with van der Waals surface area (Å²) in [5, 5.41) is 9.26. The molecule has 0 aliphatic heterocycles. The number of phenolic OH excluding ortho intramolecular Hbond substituents is 1. The van der Waals surface area contributed by atoms with E-state index >= 15 is 0 Å². The van der Waals surface area contributed by atoms with E-state index in [0.29, 0.717) is 5.75 Å². The fourth-order valence-electron chi connectivity index (χ4n) is 2.51. The lowest BCUT2D eigenvalue weighted by atomic mass is 9.93. The first-order chi connectivity index (χ1) is 12.8. The molecule has 3 aromatic carbocycles. The molecule has 1 unspecified atom stereocenters. The normalized spacial score (nSPS) is 12.0. The van der Waals surface area contributed by atoms with Crippen LogP contribution in [0.15, 0.2) is 83.8 Å². The summed E-state index contributed by atoms with van der Waals surface area (Å²) in [6, 6.07) is 23.6. The molecule has 0 aliphatic rings. The quantitative estimate of drug-likeness (QED) is 0.437. The summed E-state index contributed by atoms with van der Waals surface area (Å²) in [4.78, 5) is -0.0666. The lowest BCUT2D eigenvalue weighted by Gasteiger charge is -2.15. The molecule has 0 saturated carbocycles. The highest BCUT2D eigenvalue weighted by molar-refractivity contribution is 7.85. The number of benzene rings is 3. The summed E-state index contributed by atoms with van der Waals surface area (Å²) >= 11 is 4.40. The van der Waals surface area contributed by atoms with Crippen molar-refractivity contribution in [3.63, 3.8) is 0 Å². The second-order valence-corrected chi connectivity index (χ2v) is 7.81. The zero-order chi connectivity index (χ0) is 19.9. The van der Waals surface area contributed by atoms with Gasteiger partial charge in [-0.25, -0.2) is 0 Å². The van der Waals surface area contributed by atoms with E-state index in [1.807, 2.05) is 37.3 Å². The van der Waals surface area contributed by atoms with E-state index < -0.39 is 10.1 Å². The molecule has 0 fully saturated rings. The zero-order valence-corrected chi connectivity index (χ0v) is 16.6. The van der Waals surface area contributed by atoms with E-state index in [0.717, 1.165) is 11.3 Å². The van der Waals surface area contributed by atoms with E-state index in [1.54, 1.807) is 24.3 Å². The van der Waals surface area contributed by atoms with Gasteiger partial charge < -0.3 is 5.11 Å². The number of hydrogen-bond acceptors (Lipinski definition) is 4. The van der Waals surface area contributed by atoms with Gasteiger partial charge in [0.15, 0.2) is 0 Å². The Hall–Kier alpha value is -2.28. The summed E-state index contributed by atoms with van der Waals surface area (Å²) in [7, 11) is -4.02. The van der Waals surface area contributed by atoms with E-state index in [4.69, 9.17) is 4.55 Å². The molecule has 0 bridgehead atoms. The van der Waals surface area contributed by atoms with Crippen molar-refractivity contribution in [3.8, 4) is 5.75 Å². The van der Waals surface area contributed by atoms with Crippen molar-refractivity contribution < 1.29 is 18.1 Å². The zero-order valence-electron chi connectivity index (χ0n) is 14.9. The van der Waals surface area contributed by atoms with Gasteiger partial charge in [-0.15, -0.1) is 0 Å². The van der Waals surface area contributed by atoms with Crippen LogP contribution < -0.4 is 0 Å². The Kier molecular flexibility index (Phi) is 7.47. The molecular weight excluding hydrogens is 380 g/mol. The summed E-state index contributed by atoms with van der Waals surface area (Å²) in [5.41, 5.74) is 3.39. The summed E-state index contributed by atoms with van der Waals surface area (Å²) in [6.45, 7) is 1.84. The second kappa shape index (κ2) is 9.60. The van der Waals surface area contributed by atoms with Crippen molar-refractivity contribution in [3.05, 3.63) is 95.6 Å². The molecule has 0 radical (unpaired) electrons. The molecule has 1 atom stereocenters. The van der Waals surface area contributed by atoms with Crippen molar-refractivity contribution in [2.24, 2.45) is 0 Å². The predicted octanol–water partition coefficient (Wildman–Crippen LogP) is 4.70. The van der Waals surface area contributed by atoms with Crippen LogP contribution in [0.4, 0.5) is 0 Å². The molecule has 0 aliphatic carbocycles. The van der Waals surface area contributed by atoms with Crippen LogP contribution in [0.2, 0.25) is 0 Å². The van der Waals surface area contributed by atoms with Crippen molar-refractivity contribution in [1.82, 2.24) is 0 Å². The Labute approximate surface area is 165 Å². The predicted molar refractivity (Wildman–Crippen MR) is 111 cm³/mol. The highest BCUT2D eigenvalue weighted by Crippen LogP contribution is 2.26. The van der Waals surface area contributed by atoms with Crippen LogP contribution in [0, 0.1) is 6.92 Å². The van der Waals surface area contributed by atoms with Gasteiger partial charge in [0.1, 0.15) is 5.75 Å². The third-order valence-corrected chi connectivity index (χ3v) is 5.23. The van der Waals surface area contributed by atoms with Gasteiger partial charge in [-0.2, -0.15) is 21.0 Å². The molecule has 0 saturated heterocycles. The van der Waals surface area contributed by atoms with Gasteiger partial charge in [0.25, 0.3) is 10.1 Å². The molecule has 0 aromatic heterocycles. The largest absolute Gasteiger partial charge is 0.508 e. The van der Waals surface area contributed by atoms with Gasteiger partial charge in [0.05, 0.1) is 4.90 Å². The van der Waals surface area contributed by atoms with Crippen LogP contribution in [0.1, 0.15) is 22.6 Å². The van der Waals surface area contributed by atoms with Gasteiger partial charge in [-0.05, 0) is 42.3 Å². The summed E-state index contributed by atoms with van der Waals surface area (Å²) in [5.74, 6) is 1.34. The fraction of sp³-hybridized carbons (Fsp3) is 0.143. The first kappa shape index (κ1) is 21.0. The minimum atomic E-state index is -4.02. The van der Waals surface area contributed by atoms with Crippen LogP contribution >= 0.6 is 12.6 Å². The van der Waals surface area contributed by atoms with E-state index in [-0.39, 0.29) is 10.8 Å². The summed E-state index contributed by atoms with van der Waals surface area (Å²) in [6.07, 6.45) is 0. The minimum absolute atomic E-state index is 0.0666. The summed E-state index contributed by atoms with van der Waals surface area (Å²) < 4.78 is 29.6. The van der Waals surface area contributed by atoms with Gasteiger partial charge in [-0.1, -0.05) is 60.2 Å². The Morgan fingerprint density at radius 1 is 0.852 bits per heavy atom. The third-order valence-electron chi connectivity index (χ3n) is 4.00. The number of hydrogen-bond donors (Lipinski definition) is 3. The minimum Gasteiger partial charge on any atom is -0.508 e. The van der Waals surface area contributed by atoms with Crippen molar-refractivity contribution >= 4 is 22.7 Å². The molecule has 4 nitrogen and oxygen atoms in total. The van der Waals surface area contributed by atoms with Gasteiger partial charge in [-0.3, -0.25) is 4.55 Å². The number of aromatic hydroxyl groups is 1. The molecule has 0 spiro atoms. The monoisotopic (exact) mass is 402 g/mol. The molecule has 0 amide bonds. The smallest absolute Gasteiger partial charge is 0.294 e. The van der Waals surface area contributed by atoms with E-state index in [2.05, 4.69) is 24.8 Å². The number of phenols is 1. The molecule has 3 aromatic rings. The Morgan fingerprint density at radius 3 is 1.85 bits per heavy atom. The maximum absolute atomic E-state index is 10.5. The Balaban J connectivity index is 0.000000208. The third kappa shape index (κ3) is 6.43. The number of rotatable bonds is 4. The second-order valence-electron chi connectivity index (χ2n) is 6.03. The van der Waals surface area contributed by atoms with Gasteiger partial charge >= 0.3 is 0 Å². The lowest BCUT2D eigenvalue weighted by Crippen LogP contribution is -2.02. The lowest BCUT2D eigenvalue weighted by molar-refractivity contribution is 0.475. The highest BCUT2D eigenvalue weighted by atomic mass is 32.2. The van der Waals surface area contributed by atoms with E-state index in [1.165, 1.54) is 23.3 Å². The fourth-order valence-corrected chi connectivity index (χ4v) is 3.41. The van der Waals surface area contributed by atoms with Gasteiger partial charge in [0, 0.05) is 11.7 Å². The Bertz CT molecular complexity index is 936.